The van der Waals surface area contributed by atoms with Gasteiger partial charge in [-0.2, -0.15) is 0 Å². The number of hydrogen-bond acceptors (Lipinski definition) is 1. The first-order valence-electron chi connectivity index (χ1n) is 1.40. The fourth-order valence-corrected chi connectivity index (χ4v) is 0. The van der Waals surface area contributed by atoms with Crippen LogP contribution in [0.25, 0.3) is 0 Å². The predicted octanol–water partition coefficient (Wildman–Crippen LogP) is -0.697. The molecule has 0 saturated heterocycles. The van der Waals surface area contributed by atoms with E-state index in [9.17, 15) is 0 Å². The van der Waals surface area contributed by atoms with Crippen LogP contribution >= 0.6 is 0 Å². The maximum atomic E-state index is 4.75. The Bertz CT molecular complexity index is 8.00. The van der Waals surface area contributed by atoms with Crippen molar-refractivity contribution in [3.8, 4) is 0 Å². The van der Waals surface area contributed by atoms with Crippen LogP contribution in [0.15, 0.2) is 0 Å². The summed E-state index contributed by atoms with van der Waals surface area (Å²) in [6.45, 7) is 2.92. The van der Waals surface area contributed by atoms with Crippen LogP contribution in [0, 0.1) is 0 Å². The molecule has 0 bridgehead atoms. The van der Waals surface area contributed by atoms with Gasteiger partial charge in [0.2, 0.25) is 0 Å². The van der Waals surface area contributed by atoms with Gasteiger partial charge in [-0.05, 0) is 0 Å². The molecule has 0 radical (unpaired) electrons. The predicted molar refractivity (Wildman–Crippen MR) is 21.6 cm³/mol. The van der Waals surface area contributed by atoms with Crippen molar-refractivity contribution < 1.29 is 3.07 Å². The maximum absolute atomic E-state index is 4.75. The van der Waals surface area contributed by atoms with Crippen molar-refractivity contribution in [2.45, 2.75) is 6.92 Å². The molecule has 0 aliphatic heterocycles. The second kappa shape index (κ2) is 3.76. The molecule has 0 rings (SSSR count). The number of rotatable bonds is 1. The van der Waals surface area contributed by atoms with E-state index < -0.39 is 0 Å². The van der Waals surface area contributed by atoms with Crippen molar-refractivity contribution in [2.75, 3.05) is 6.61 Å². The Balaban J connectivity index is 1.97. The van der Waals surface area contributed by atoms with Crippen LogP contribution < -0.4 is 0 Å². The Morgan fingerprint density at radius 3 is 2.25 bits per heavy atom. The van der Waals surface area contributed by atoms with Crippen LogP contribution in [0.3, 0.4) is 0 Å². The summed E-state index contributed by atoms with van der Waals surface area (Å²) < 4.78 is 4.75. The van der Waals surface area contributed by atoms with E-state index in [1.807, 2.05) is 6.92 Å². The summed E-state index contributed by atoms with van der Waals surface area (Å²) in [5.74, 6) is 0. The monoisotopic (exact) mass is 168 g/mol. The Morgan fingerprint density at radius 2 is 2.25 bits per heavy atom. The summed E-state index contributed by atoms with van der Waals surface area (Å²) in [5, 5.41) is 0. The molecule has 0 N–H and O–H groups in total. The van der Waals surface area contributed by atoms with E-state index in [0.29, 0.717) is 22.9 Å². The van der Waals surface area contributed by atoms with E-state index in [-0.39, 0.29) is 0 Å². The van der Waals surface area contributed by atoms with Gasteiger partial charge < -0.3 is 0 Å². The van der Waals surface area contributed by atoms with Crippen LogP contribution in [0.4, 0.5) is 0 Å². The van der Waals surface area contributed by atoms with Gasteiger partial charge in [-0.25, -0.2) is 0 Å². The average Bonchev–Trinajstić information content (AvgIpc) is 1.37. The summed E-state index contributed by atoms with van der Waals surface area (Å²) in [5.41, 5.74) is 0. The molecular formula is C2H8OSn. The molecule has 0 amide bonds. The van der Waals surface area contributed by atoms with Crippen LogP contribution in [0.1, 0.15) is 6.92 Å². The number of hydrogen-bond donors (Lipinski definition) is 0. The van der Waals surface area contributed by atoms with Crippen LogP contribution in [0.2, 0.25) is 0 Å². The molecule has 0 unspecified atom stereocenters. The fourth-order valence-electron chi connectivity index (χ4n) is 0. The Labute approximate surface area is 40.0 Å². The van der Waals surface area contributed by atoms with Gasteiger partial charge in [0.25, 0.3) is 0 Å². The van der Waals surface area contributed by atoms with Gasteiger partial charge in [-0.1, -0.05) is 0 Å². The Kier molecular flexibility index (Phi) is 4.47. The average molecular weight is 167 g/mol. The SMILES string of the molecule is CC[O][SnH3]. The van der Waals surface area contributed by atoms with E-state index in [4.69, 9.17) is 3.07 Å². The second-order valence-corrected chi connectivity index (χ2v) is 2.23. The van der Waals surface area contributed by atoms with Crippen molar-refractivity contribution in [3.05, 3.63) is 0 Å². The first-order valence-corrected chi connectivity index (χ1v) is 3.73. The molecule has 0 aromatic heterocycles. The standard InChI is InChI=1S/C2H5O.Sn.3H/c1-2-3;;;;/h2H2,1H3;;;;/q-1;+1;;;. The molecule has 0 aliphatic rings. The van der Waals surface area contributed by atoms with Gasteiger partial charge in [0.1, 0.15) is 0 Å². The van der Waals surface area contributed by atoms with Crippen LogP contribution in [-0.2, 0) is 3.07 Å². The molecule has 0 heterocycles. The zero-order chi connectivity index (χ0) is 3.41. The van der Waals surface area contributed by atoms with E-state index in [1.54, 1.807) is 0 Å². The third kappa shape index (κ3) is 2.76. The van der Waals surface area contributed by atoms with E-state index in [1.165, 1.54) is 0 Å². The minimum absolute atomic E-state index is 0.485. The molecule has 1 nitrogen and oxygen atoms in total. The van der Waals surface area contributed by atoms with E-state index in [0.717, 1.165) is 6.61 Å². The second-order valence-electron chi connectivity index (χ2n) is 0.577. The van der Waals surface area contributed by atoms with Gasteiger partial charge in [-0.3, -0.25) is 0 Å². The van der Waals surface area contributed by atoms with Gasteiger partial charge in [0, 0.05) is 0 Å². The molecule has 0 aromatic rings. The third-order valence-electron chi connectivity index (χ3n) is 0.289. The summed E-state index contributed by atoms with van der Waals surface area (Å²) >= 11 is 0.485. The van der Waals surface area contributed by atoms with Gasteiger partial charge >= 0.3 is 39.5 Å². The first-order chi connectivity index (χ1) is 1.91. The molecule has 4 heavy (non-hydrogen) atoms. The third-order valence-corrected chi connectivity index (χ3v) is 1.94. The zero-order valence-corrected chi connectivity index (χ0v) is 8.82. The summed E-state index contributed by atoms with van der Waals surface area (Å²) in [6, 6.07) is 0. The molecule has 2 heteroatoms. The Morgan fingerprint density at radius 1 is 2.00 bits per heavy atom. The summed E-state index contributed by atoms with van der Waals surface area (Å²) in [6.07, 6.45) is 0. The van der Waals surface area contributed by atoms with Gasteiger partial charge in [0.15, 0.2) is 0 Å². The molecule has 0 atom stereocenters. The van der Waals surface area contributed by atoms with Crippen molar-refractivity contribution in [2.24, 2.45) is 0 Å². The van der Waals surface area contributed by atoms with Crippen molar-refractivity contribution in [1.29, 1.82) is 0 Å². The quantitative estimate of drug-likeness (QED) is 0.469. The van der Waals surface area contributed by atoms with Crippen LogP contribution in [0.5, 0.6) is 0 Å². The molecule has 0 aliphatic carbocycles. The molecule has 0 fully saturated rings. The summed E-state index contributed by atoms with van der Waals surface area (Å²) in [7, 11) is 0. The fraction of sp³-hybridized carbons (Fsp3) is 1.00. The normalized spacial score (nSPS) is 8.25. The van der Waals surface area contributed by atoms with Crippen molar-refractivity contribution >= 4 is 22.9 Å². The minimum atomic E-state index is 0.485. The molecule has 0 saturated carbocycles. The van der Waals surface area contributed by atoms with E-state index in [2.05, 4.69) is 0 Å². The molecule has 0 aromatic carbocycles. The van der Waals surface area contributed by atoms with Crippen LogP contribution in [-0.4, -0.2) is 29.5 Å². The first kappa shape index (κ1) is 4.76. The molecule has 0 spiro atoms. The zero-order valence-electron chi connectivity index (χ0n) is 3.12. The van der Waals surface area contributed by atoms with Crippen molar-refractivity contribution in [1.82, 2.24) is 0 Å². The Hall–Kier alpha value is 0.759. The summed E-state index contributed by atoms with van der Waals surface area (Å²) in [4.78, 5) is 0. The topological polar surface area (TPSA) is 9.23 Å². The van der Waals surface area contributed by atoms with E-state index >= 15 is 0 Å². The van der Waals surface area contributed by atoms with Crippen molar-refractivity contribution in [3.63, 3.8) is 0 Å². The van der Waals surface area contributed by atoms with Gasteiger partial charge in [-0.15, -0.1) is 0 Å². The molecule has 26 valence electrons. The molecular weight excluding hydrogens is 159 g/mol. The van der Waals surface area contributed by atoms with Gasteiger partial charge in [0.05, 0.1) is 0 Å².